The minimum absolute atomic E-state index is 0.0458. The van der Waals surface area contributed by atoms with Crippen LogP contribution in [0.1, 0.15) is 20.3 Å². The normalized spacial score (nSPS) is 31.9. The summed E-state index contributed by atoms with van der Waals surface area (Å²) >= 11 is 0. The molecule has 5 nitrogen and oxygen atoms in total. The molecule has 2 rings (SSSR count). The van der Waals surface area contributed by atoms with E-state index in [-0.39, 0.29) is 24.0 Å². The van der Waals surface area contributed by atoms with Crippen LogP contribution in [0.3, 0.4) is 0 Å². The van der Waals surface area contributed by atoms with Crippen LogP contribution in [0.4, 0.5) is 4.79 Å². The molecule has 0 aliphatic carbocycles. The third-order valence-corrected chi connectivity index (χ3v) is 3.25. The van der Waals surface area contributed by atoms with Gasteiger partial charge in [-0.25, -0.2) is 4.79 Å². The lowest BCUT2D eigenvalue weighted by Gasteiger charge is -2.21. The van der Waals surface area contributed by atoms with E-state index in [4.69, 9.17) is 0 Å². The Bertz CT molecular complexity index is 286. The summed E-state index contributed by atoms with van der Waals surface area (Å²) in [6, 6.07) is -0.351. The van der Waals surface area contributed by atoms with Gasteiger partial charge in [-0.2, -0.15) is 0 Å². The third-order valence-electron chi connectivity index (χ3n) is 3.25. The molecule has 5 heteroatoms. The largest absolute Gasteiger partial charge is 0.327 e. The molecule has 2 saturated heterocycles. The van der Waals surface area contributed by atoms with Crippen molar-refractivity contribution in [3.05, 3.63) is 0 Å². The molecule has 0 radical (unpaired) electrons. The van der Waals surface area contributed by atoms with Crippen molar-refractivity contribution in [3.8, 4) is 0 Å². The lowest BCUT2D eigenvalue weighted by molar-refractivity contribution is -0.129. The Morgan fingerprint density at radius 3 is 2.67 bits per heavy atom. The number of carbonyl (C=O) groups is 2. The van der Waals surface area contributed by atoms with Crippen molar-refractivity contribution >= 4 is 11.9 Å². The Morgan fingerprint density at radius 1 is 1.47 bits per heavy atom. The minimum Gasteiger partial charge on any atom is -0.315 e. The summed E-state index contributed by atoms with van der Waals surface area (Å²) < 4.78 is 0. The molecule has 0 aromatic heterocycles. The molecule has 2 unspecified atom stereocenters. The van der Waals surface area contributed by atoms with Gasteiger partial charge >= 0.3 is 6.03 Å². The Morgan fingerprint density at radius 2 is 2.20 bits per heavy atom. The number of carbonyl (C=O) groups excluding carboxylic acids is 2. The Labute approximate surface area is 89.4 Å². The van der Waals surface area contributed by atoms with Crippen molar-refractivity contribution in [2.75, 3.05) is 19.6 Å². The summed E-state index contributed by atoms with van der Waals surface area (Å²) in [5.74, 6) is -0.0458. The monoisotopic (exact) mass is 211 g/mol. The minimum atomic E-state index is -0.289. The topological polar surface area (TPSA) is 52.7 Å². The number of hydrogen-bond acceptors (Lipinski definition) is 3. The standard InChI is InChI=1S/C10H17N3O2/c1-3-12-7(2)9(14)13(10(12)15)8-4-5-11-6-8/h7-8,11H,3-6H2,1-2H3. The van der Waals surface area contributed by atoms with E-state index in [0.717, 1.165) is 19.5 Å². The number of amides is 3. The van der Waals surface area contributed by atoms with Crippen molar-refractivity contribution in [2.45, 2.75) is 32.4 Å². The molecule has 2 fully saturated rings. The highest BCUT2D eigenvalue weighted by Gasteiger charge is 2.45. The van der Waals surface area contributed by atoms with E-state index in [1.54, 1.807) is 11.8 Å². The average molecular weight is 211 g/mol. The van der Waals surface area contributed by atoms with E-state index >= 15 is 0 Å². The molecular formula is C10H17N3O2. The van der Waals surface area contributed by atoms with Crippen LogP contribution in [0, 0.1) is 0 Å². The molecule has 3 amide bonds. The van der Waals surface area contributed by atoms with Gasteiger partial charge in [-0.3, -0.25) is 9.69 Å². The van der Waals surface area contributed by atoms with Gasteiger partial charge in [0.2, 0.25) is 0 Å². The SMILES string of the molecule is CCN1C(=O)N(C2CCNC2)C(=O)C1C. The van der Waals surface area contributed by atoms with Crippen molar-refractivity contribution < 1.29 is 9.59 Å². The van der Waals surface area contributed by atoms with Crippen LogP contribution in [0.5, 0.6) is 0 Å². The Hall–Kier alpha value is -1.10. The average Bonchev–Trinajstić information content (AvgIpc) is 2.77. The first-order valence-electron chi connectivity index (χ1n) is 5.51. The van der Waals surface area contributed by atoms with Crippen molar-refractivity contribution in [1.29, 1.82) is 0 Å². The van der Waals surface area contributed by atoms with Crippen molar-refractivity contribution in [2.24, 2.45) is 0 Å². The first-order chi connectivity index (χ1) is 7.16. The summed E-state index contributed by atoms with van der Waals surface area (Å²) in [6.45, 7) is 5.93. The van der Waals surface area contributed by atoms with Crippen molar-refractivity contribution in [3.63, 3.8) is 0 Å². The van der Waals surface area contributed by atoms with Crippen LogP contribution < -0.4 is 5.32 Å². The fourth-order valence-corrected chi connectivity index (χ4v) is 2.34. The molecule has 84 valence electrons. The first kappa shape index (κ1) is 10.4. The number of likely N-dealkylation sites (N-methyl/N-ethyl adjacent to an activating group) is 1. The van der Waals surface area contributed by atoms with E-state index in [1.165, 1.54) is 4.90 Å². The van der Waals surface area contributed by atoms with Gasteiger partial charge in [-0.15, -0.1) is 0 Å². The molecule has 2 aliphatic heterocycles. The number of urea groups is 1. The maximum atomic E-state index is 11.9. The maximum absolute atomic E-state index is 11.9. The summed E-state index contributed by atoms with van der Waals surface area (Å²) in [6.07, 6.45) is 0.877. The highest BCUT2D eigenvalue weighted by molar-refractivity contribution is 6.04. The predicted octanol–water partition coefficient (Wildman–Crippen LogP) is 0.0209. The summed E-state index contributed by atoms with van der Waals surface area (Å²) in [5, 5.41) is 3.17. The molecule has 2 aliphatic rings. The zero-order valence-electron chi connectivity index (χ0n) is 9.19. The first-order valence-corrected chi connectivity index (χ1v) is 5.51. The van der Waals surface area contributed by atoms with Gasteiger partial charge in [0.15, 0.2) is 0 Å². The molecular weight excluding hydrogens is 194 g/mol. The smallest absolute Gasteiger partial charge is 0.315 e. The van der Waals surface area contributed by atoms with Crippen LogP contribution in [0.15, 0.2) is 0 Å². The molecule has 15 heavy (non-hydrogen) atoms. The molecule has 2 atom stereocenters. The Balaban J connectivity index is 2.18. The fourth-order valence-electron chi connectivity index (χ4n) is 2.34. The second-order valence-electron chi connectivity index (χ2n) is 4.10. The Kier molecular flexibility index (Phi) is 2.65. The van der Waals surface area contributed by atoms with Gasteiger partial charge in [-0.05, 0) is 26.8 Å². The van der Waals surface area contributed by atoms with Crippen LogP contribution in [0.25, 0.3) is 0 Å². The lowest BCUT2D eigenvalue weighted by atomic mass is 10.2. The van der Waals surface area contributed by atoms with Gasteiger partial charge in [0.25, 0.3) is 5.91 Å². The second kappa shape index (κ2) is 3.81. The third kappa shape index (κ3) is 1.51. The summed E-state index contributed by atoms with van der Waals surface area (Å²) in [5.41, 5.74) is 0. The maximum Gasteiger partial charge on any atom is 0.327 e. The van der Waals surface area contributed by atoms with E-state index in [9.17, 15) is 9.59 Å². The molecule has 0 aromatic rings. The van der Waals surface area contributed by atoms with Gasteiger partial charge in [0.1, 0.15) is 6.04 Å². The van der Waals surface area contributed by atoms with Gasteiger partial charge in [0, 0.05) is 13.1 Å². The highest BCUT2D eigenvalue weighted by atomic mass is 16.2. The lowest BCUT2D eigenvalue weighted by Crippen LogP contribution is -2.42. The van der Waals surface area contributed by atoms with Gasteiger partial charge in [0.05, 0.1) is 6.04 Å². The highest BCUT2D eigenvalue weighted by Crippen LogP contribution is 2.22. The summed E-state index contributed by atoms with van der Waals surface area (Å²) in [4.78, 5) is 26.9. The molecule has 0 bridgehead atoms. The summed E-state index contributed by atoms with van der Waals surface area (Å²) in [7, 11) is 0. The quantitative estimate of drug-likeness (QED) is 0.655. The van der Waals surface area contributed by atoms with Crippen LogP contribution in [0.2, 0.25) is 0 Å². The van der Waals surface area contributed by atoms with Crippen LogP contribution in [-0.4, -0.2) is 53.5 Å². The number of nitrogens with zero attached hydrogens (tertiary/aromatic N) is 2. The predicted molar refractivity (Wildman–Crippen MR) is 55.4 cm³/mol. The molecule has 1 N–H and O–H groups in total. The van der Waals surface area contributed by atoms with Crippen LogP contribution in [-0.2, 0) is 4.79 Å². The molecule has 0 spiro atoms. The number of hydrogen-bond donors (Lipinski definition) is 1. The van der Waals surface area contributed by atoms with E-state index < -0.39 is 0 Å². The van der Waals surface area contributed by atoms with E-state index in [1.807, 2.05) is 6.92 Å². The van der Waals surface area contributed by atoms with E-state index in [2.05, 4.69) is 5.32 Å². The fraction of sp³-hybridized carbons (Fsp3) is 0.800. The van der Waals surface area contributed by atoms with E-state index in [0.29, 0.717) is 6.54 Å². The van der Waals surface area contributed by atoms with Crippen molar-refractivity contribution in [1.82, 2.24) is 15.1 Å². The second-order valence-corrected chi connectivity index (χ2v) is 4.10. The number of nitrogens with one attached hydrogen (secondary N) is 1. The zero-order chi connectivity index (χ0) is 11.0. The number of imide groups is 1. The molecule has 0 saturated carbocycles. The molecule has 0 aromatic carbocycles. The van der Waals surface area contributed by atoms with Gasteiger partial charge in [-0.1, -0.05) is 0 Å². The van der Waals surface area contributed by atoms with Gasteiger partial charge < -0.3 is 10.2 Å². The zero-order valence-corrected chi connectivity index (χ0v) is 9.19. The molecule has 2 heterocycles. The van der Waals surface area contributed by atoms with Crippen LogP contribution >= 0.6 is 0 Å². The number of rotatable bonds is 2.